The van der Waals surface area contributed by atoms with Crippen LogP contribution in [0.5, 0.6) is 5.75 Å². The molecule has 0 radical (unpaired) electrons. The lowest BCUT2D eigenvalue weighted by molar-refractivity contribution is 0.107. The molecule has 3 aromatic rings. The van der Waals surface area contributed by atoms with Crippen LogP contribution in [0, 0.1) is 0 Å². The molecule has 2 aromatic carbocycles. The third-order valence-electron chi connectivity index (χ3n) is 4.23. The first kappa shape index (κ1) is 20.2. The highest BCUT2D eigenvalue weighted by Crippen LogP contribution is 2.15. The first-order valence-electron chi connectivity index (χ1n) is 9.08. The Morgan fingerprint density at radius 3 is 2.38 bits per heavy atom. The maximum Gasteiger partial charge on any atom is 0.323 e. The molecule has 0 saturated carbocycles. The van der Waals surface area contributed by atoms with Gasteiger partial charge in [0, 0.05) is 25.0 Å². The summed E-state index contributed by atoms with van der Waals surface area (Å²) in [5.41, 5.74) is 3.04. The summed E-state index contributed by atoms with van der Waals surface area (Å²) < 4.78 is 12.3. The van der Waals surface area contributed by atoms with Crippen LogP contribution < -0.4 is 20.9 Å². The molecule has 150 valence electrons. The molecule has 2 amide bonds. The van der Waals surface area contributed by atoms with Gasteiger partial charge in [-0.1, -0.05) is 24.3 Å². The van der Waals surface area contributed by atoms with E-state index in [1.165, 1.54) is 10.6 Å². The Kier molecular flexibility index (Phi) is 6.65. The van der Waals surface area contributed by atoms with Gasteiger partial charge in [0.2, 0.25) is 5.56 Å². The Morgan fingerprint density at radius 2 is 1.66 bits per heavy atom. The highest BCUT2D eigenvalue weighted by atomic mass is 16.5. The molecule has 1 heterocycles. The Hall–Kier alpha value is -3.58. The molecule has 0 saturated heterocycles. The molecule has 0 fully saturated rings. The number of pyridine rings is 1. The zero-order chi connectivity index (χ0) is 20.6. The van der Waals surface area contributed by atoms with Crippen LogP contribution in [0.3, 0.4) is 0 Å². The van der Waals surface area contributed by atoms with E-state index in [0.717, 1.165) is 16.9 Å². The number of nitrogens with zero attached hydrogens (tertiary/aromatic N) is 1. The topological polar surface area (TPSA) is 81.6 Å². The summed E-state index contributed by atoms with van der Waals surface area (Å²) in [6, 6.07) is 17.7. The van der Waals surface area contributed by atoms with Crippen molar-refractivity contribution >= 4 is 17.4 Å². The van der Waals surface area contributed by atoms with Crippen molar-refractivity contribution in [3.05, 3.63) is 88.3 Å². The number of rotatable bonds is 7. The summed E-state index contributed by atoms with van der Waals surface area (Å²) in [6.45, 7) is 0.902. The predicted octanol–water partition coefficient (Wildman–Crippen LogP) is 3.75. The van der Waals surface area contributed by atoms with E-state index in [1.807, 2.05) is 42.5 Å². The van der Waals surface area contributed by atoms with Crippen molar-refractivity contribution in [3.63, 3.8) is 0 Å². The summed E-state index contributed by atoms with van der Waals surface area (Å²) in [4.78, 5) is 23.6. The molecular weight excluding hydrogens is 370 g/mol. The maximum absolute atomic E-state index is 12.2. The third kappa shape index (κ3) is 5.95. The molecule has 0 aliphatic heterocycles. The van der Waals surface area contributed by atoms with Crippen molar-refractivity contribution in [2.45, 2.75) is 13.2 Å². The lowest BCUT2D eigenvalue weighted by Gasteiger charge is -2.10. The van der Waals surface area contributed by atoms with Crippen LogP contribution in [0.1, 0.15) is 11.1 Å². The zero-order valence-corrected chi connectivity index (χ0v) is 16.3. The SMILES string of the molecule is COc1ccc(COCc2cccc(NC(=O)Nc3ccc(=O)n(C)c3)c2)cc1. The highest BCUT2D eigenvalue weighted by molar-refractivity contribution is 5.99. The largest absolute Gasteiger partial charge is 0.497 e. The van der Waals surface area contributed by atoms with E-state index < -0.39 is 0 Å². The van der Waals surface area contributed by atoms with E-state index in [4.69, 9.17) is 9.47 Å². The number of urea groups is 1. The average Bonchev–Trinajstić information content (AvgIpc) is 2.71. The fourth-order valence-electron chi connectivity index (χ4n) is 2.71. The number of carbonyl (C=O) groups is 1. The second-order valence-electron chi connectivity index (χ2n) is 6.49. The summed E-state index contributed by atoms with van der Waals surface area (Å²) in [5.74, 6) is 0.809. The number of anilines is 2. The van der Waals surface area contributed by atoms with Gasteiger partial charge in [0.15, 0.2) is 0 Å². The van der Waals surface area contributed by atoms with Gasteiger partial charge in [-0.05, 0) is 41.5 Å². The molecule has 2 N–H and O–H groups in total. The number of nitrogens with one attached hydrogen (secondary N) is 2. The van der Waals surface area contributed by atoms with Gasteiger partial charge >= 0.3 is 6.03 Å². The third-order valence-corrected chi connectivity index (χ3v) is 4.23. The lowest BCUT2D eigenvalue weighted by Crippen LogP contribution is -2.21. The van der Waals surface area contributed by atoms with Crippen molar-refractivity contribution in [2.75, 3.05) is 17.7 Å². The minimum absolute atomic E-state index is 0.140. The Labute approximate surface area is 168 Å². The van der Waals surface area contributed by atoms with E-state index in [1.54, 1.807) is 32.5 Å². The van der Waals surface area contributed by atoms with Gasteiger partial charge in [-0.3, -0.25) is 4.79 Å². The minimum atomic E-state index is -0.389. The van der Waals surface area contributed by atoms with Gasteiger partial charge < -0.3 is 24.7 Å². The van der Waals surface area contributed by atoms with Crippen molar-refractivity contribution in [3.8, 4) is 5.75 Å². The van der Waals surface area contributed by atoms with Gasteiger partial charge in [-0.2, -0.15) is 0 Å². The Balaban J connectivity index is 1.52. The highest BCUT2D eigenvalue weighted by Gasteiger charge is 2.05. The molecule has 0 unspecified atom stereocenters. The quantitative estimate of drug-likeness (QED) is 0.640. The number of ether oxygens (including phenoxy) is 2. The number of hydrogen-bond donors (Lipinski definition) is 2. The molecule has 3 rings (SSSR count). The normalized spacial score (nSPS) is 10.4. The zero-order valence-electron chi connectivity index (χ0n) is 16.3. The summed E-state index contributed by atoms with van der Waals surface area (Å²) in [6.07, 6.45) is 1.56. The fourth-order valence-corrected chi connectivity index (χ4v) is 2.71. The van der Waals surface area contributed by atoms with Crippen LogP contribution >= 0.6 is 0 Å². The molecule has 0 atom stereocenters. The van der Waals surface area contributed by atoms with E-state index in [-0.39, 0.29) is 11.6 Å². The van der Waals surface area contributed by atoms with E-state index in [2.05, 4.69) is 10.6 Å². The van der Waals surface area contributed by atoms with Crippen molar-refractivity contribution < 1.29 is 14.3 Å². The minimum Gasteiger partial charge on any atom is -0.497 e. The number of benzene rings is 2. The van der Waals surface area contributed by atoms with Gasteiger partial charge in [0.1, 0.15) is 5.75 Å². The van der Waals surface area contributed by atoms with Crippen LogP contribution in [-0.2, 0) is 25.0 Å². The summed E-state index contributed by atoms with van der Waals surface area (Å²) in [5, 5.41) is 5.48. The van der Waals surface area contributed by atoms with E-state index >= 15 is 0 Å². The van der Waals surface area contributed by atoms with E-state index in [0.29, 0.717) is 24.6 Å². The number of hydrogen-bond acceptors (Lipinski definition) is 4. The number of methoxy groups -OCH3 is 1. The molecule has 29 heavy (non-hydrogen) atoms. The molecule has 1 aromatic heterocycles. The number of amides is 2. The van der Waals surface area contributed by atoms with Gasteiger partial charge in [-0.25, -0.2) is 4.79 Å². The fraction of sp³-hybridized carbons (Fsp3) is 0.182. The second kappa shape index (κ2) is 9.57. The smallest absolute Gasteiger partial charge is 0.323 e. The number of carbonyl (C=O) groups excluding carboxylic acids is 1. The van der Waals surface area contributed by atoms with Crippen molar-refractivity contribution in [1.29, 1.82) is 0 Å². The molecule has 0 bridgehead atoms. The van der Waals surface area contributed by atoms with Crippen molar-refractivity contribution in [1.82, 2.24) is 4.57 Å². The Bertz CT molecular complexity index is 1030. The van der Waals surface area contributed by atoms with Gasteiger partial charge in [-0.15, -0.1) is 0 Å². The molecule has 0 aliphatic carbocycles. The first-order valence-corrected chi connectivity index (χ1v) is 9.08. The predicted molar refractivity (Wildman–Crippen MR) is 112 cm³/mol. The maximum atomic E-state index is 12.2. The lowest BCUT2D eigenvalue weighted by atomic mass is 10.2. The first-order chi connectivity index (χ1) is 14.0. The summed E-state index contributed by atoms with van der Waals surface area (Å²) in [7, 11) is 3.26. The molecule has 7 heteroatoms. The monoisotopic (exact) mass is 393 g/mol. The average molecular weight is 393 g/mol. The van der Waals surface area contributed by atoms with Gasteiger partial charge in [0.25, 0.3) is 0 Å². The number of aryl methyl sites for hydroxylation is 1. The van der Waals surface area contributed by atoms with Crippen LogP contribution in [0.4, 0.5) is 16.2 Å². The second-order valence-corrected chi connectivity index (χ2v) is 6.49. The van der Waals surface area contributed by atoms with Crippen LogP contribution in [0.15, 0.2) is 71.7 Å². The number of aromatic nitrogens is 1. The van der Waals surface area contributed by atoms with Crippen LogP contribution in [-0.4, -0.2) is 17.7 Å². The van der Waals surface area contributed by atoms with Crippen LogP contribution in [0.2, 0.25) is 0 Å². The summed E-state index contributed by atoms with van der Waals surface area (Å²) >= 11 is 0. The standard InChI is InChI=1S/C22H23N3O4/c1-25-13-19(8-11-21(25)26)24-22(27)23-18-5-3-4-17(12-18)15-29-14-16-6-9-20(28-2)10-7-16/h3-13H,14-15H2,1-2H3,(H2,23,24,27). The molecule has 0 aliphatic rings. The molecular formula is C22H23N3O4. The van der Waals surface area contributed by atoms with Crippen LogP contribution in [0.25, 0.3) is 0 Å². The molecule has 0 spiro atoms. The van der Waals surface area contributed by atoms with Gasteiger partial charge in [0.05, 0.1) is 26.0 Å². The molecule has 7 nitrogen and oxygen atoms in total. The Morgan fingerprint density at radius 1 is 0.931 bits per heavy atom. The van der Waals surface area contributed by atoms with Crippen molar-refractivity contribution in [2.24, 2.45) is 7.05 Å². The van der Waals surface area contributed by atoms with E-state index in [9.17, 15) is 9.59 Å².